The monoisotopic (exact) mass is 531 g/mol. The summed E-state index contributed by atoms with van der Waals surface area (Å²) in [5, 5.41) is 35.4. The van der Waals surface area contributed by atoms with Gasteiger partial charge in [-0.25, -0.2) is 19.1 Å². The van der Waals surface area contributed by atoms with Gasteiger partial charge in [0.15, 0.2) is 0 Å². The van der Waals surface area contributed by atoms with E-state index in [0.29, 0.717) is 0 Å². The molecule has 198 valence electrons. The molecule has 5 aliphatic heterocycles. The van der Waals surface area contributed by atoms with Crippen molar-refractivity contribution in [3.8, 4) is 0 Å². The number of amides is 5. The molecule has 16 nitrogen and oxygen atoms in total. The van der Waals surface area contributed by atoms with Crippen LogP contribution in [-0.4, -0.2) is 111 Å². The molecule has 5 heterocycles. The van der Waals surface area contributed by atoms with Gasteiger partial charge in [0.2, 0.25) is 5.91 Å². The fourth-order valence-corrected chi connectivity index (χ4v) is 7.31. The molecule has 17 heteroatoms. The summed E-state index contributed by atoms with van der Waals surface area (Å²) in [7, 11) is -4.74. The van der Waals surface area contributed by atoms with Gasteiger partial charge in [0, 0.05) is 18.8 Å². The maximum absolute atomic E-state index is 13.1. The minimum atomic E-state index is -4.74. The van der Waals surface area contributed by atoms with E-state index in [-0.39, 0.29) is 12.8 Å². The van der Waals surface area contributed by atoms with Crippen molar-refractivity contribution < 1.29 is 57.7 Å². The smallest absolute Gasteiger partial charge is 0.472 e. The van der Waals surface area contributed by atoms with Crippen LogP contribution in [0.5, 0.6) is 0 Å². The molecule has 3 unspecified atom stereocenters. The quantitative estimate of drug-likeness (QED) is 0.252. The number of hydrogen-bond donors (Lipinski definition) is 4. The molecule has 5 fully saturated rings. The molecule has 6 rings (SSSR count). The van der Waals surface area contributed by atoms with Crippen molar-refractivity contribution in [2.24, 2.45) is 16.3 Å². The minimum Gasteiger partial charge on any atom is -0.861 e. The molecule has 1 aliphatic carbocycles. The van der Waals surface area contributed by atoms with Gasteiger partial charge in [0.05, 0.1) is 36.8 Å². The summed E-state index contributed by atoms with van der Waals surface area (Å²) in [5.41, 5.74) is -1.49. The van der Waals surface area contributed by atoms with Crippen LogP contribution >= 0.6 is 7.82 Å². The van der Waals surface area contributed by atoms with Crippen LogP contribution < -0.4 is 10.4 Å². The maximum atomic E-state index is 13.1. The Labute approximate surface area is 203 Å². The first-order valence-corrected chi connectivity index (χ1v) is 12.9. The lowest BCUT2D eigenvalue weighted by Crippen LogP contribution is -2.87. The molecule has 36 heavy (non-hydrogen) atoms. The lowest BCUT2D eigenvalue weighted by Gasteiger charge is -2.68. The number of phosphoric ester groups is 1. The summed E-state index contributed by atoms with van der Waals surface area (Å²) in [5.74, 6) is -2.64. The van der Waals surface area contributed by atoms with Crippen LogP contribution in [0.25, 0.3) is 0 Å². The Bertz CT molecular complexity index is 1100. The van der Waals surface area contributed by atoms with E-state index in [1.165, 1.54) is 6.92 Å². The van der Waals surface area contributed by atoms with Gasteiger partial charge in [0.1, 0.15) is 30.8 Å². The third-order valence-corrected chi connectivity index (χ3v) is 9.05. The van der Waals surface area contributed by atoms with Gasteiger partial charge >= 0.3 is 19.9 Å². The lowest BCUT2D eigenvalue weighted by molar-refractivity contribution is -0.259. The Kier molecular flexibility index (Phi) is 5.32. The highest BCUT2D eigenvalue weighted by atomic mass is 31.2. The third kappa shape index (κ3) is 3.23. The fraction of sp³-hybridized carbons (Fsp3) is 0.789. The second-order valence-corrected chi connectivity index (χ2v) is 11.3. The lowest BCUT2D eigenvalue weighted by atomic mass is 9.51. The van der Waals surface area contributed by atoms with Crippen LogP contribution in [0.1, 0.15) is 19.8 Å². The number of rotatable bonds is 1. The number of imide groups is 1. The molecule has 0 aromatic carbocycles. The molecular formula is C19H24N4O12P-. The maximum Gasteiger partial charge on any atom is 0.472 e. The molecule has 0 spiro atoms. The first-order chi connectivity index (χ1) is 17.0. The van der Waals surface area contributed by atoms with Gasteiger partial charge in [0.25, 0.3) is 0 Å². The Morgan fingerprint density at radius 2 is 1.92 bits per heavy atom. The number of aliphatic hydroxyl groups excluding tert-OH is 2. The zero-order chi connectivity index (χ0) is 25.7. The van der Waals surface area contributed by atoms with Crippen LogP contribution in [-0.2, 0) is 27.9 Å². The number of aliphatic imine (C=N–C) groups is 1. The van der Waals surface area contributed by atoms with E-state index in [1.54, 1.807) is 0 Å². The Morgan fingerprint density at radius 1 is 1.19 bits per heavy atom. The SMILES string of the molecule is C[C@]12C(=O)NC(=O)N3[C@@H]4CC(OP(=O)(O)OC[C@H]5O[C@@H](CC5O)N5C(=O)N=C([O-])[C@@H]1[C@H]5[C@@H]32)[C@@H](CO)O4. The first kappa shape index (κ1) is 24.2. The molecule has 0 aromatic rings. The predicted molar refractivity (Wildman–Crippen MR) is 110 cm³/mol. The summed E-state index contributed by atoms with van der Waals surface area (Å²) < 4.78 is 34.4. The average molecular weight is 531 g/mol. The number of nitrogens with zero attached hydrogens (tertiary/aromatic N) is 3. The second kappa shape index (κ2) is 7.91. The summed E-state index contributed by atoms with van der Waals surface area (Å²) in [6, 6.07) is -3.91. The van der Waals surface area contributed by atoms with Crippen LogP contribution in [0.3, 0.4) is 0 Å². The number of ether oxygens (including phenoxy) is 2. The van der Waals surface area contributed by atoms with Crippen LogP contribution in [0.4, 0.5) is 9.59 Å². The highest BCUT2D eigenvalue weighted by Gasteiger charge is 2.74. The molecule has 0 radical (unpaired) electrons. The largest absolute Gasteiger partial charge is 0.861 e. The van der Waals surface area contributed by atoms with Crippen molar-refractivity contribution in [1.82, 2.24) is 15.1 Å². The van der Waals surface area contributed by atoms with Crippen molar-refractivity contribution in [3.63, 3.8) is 0 Å². The number of aliphatic hydroxyl groups is 2. The van der Waals surface area contributed by atoms with Gasteiger partial charge in [-0.3, -0.25) is 29.0 Å². The van der Waals surface area contributed by atoms with Gasteiger partial charge in [-0.15, -0.1) is 0 Å². The van der Waals surface area contributed by atoms with E-state index in [1.807, 2.05) is 0 Å². The predicted octanol–water partition coefficient (Wildman–Crippen LogP) is -2.80. The number of urea groups is 2. The molecule has 4 bridgehead atoms. The van der Waals surface area contributed by atoms with Crippen LogP contribution in [0, 0.1) is 11.3 Å². The Balaban J connectivity index is 1.47. The molecule has 6 aliphatic rings. The summed E-state index contributed by atoms with van der Waals surface area (Å²) >= 11 is 0. The van der Waals surface area contributed by atoms with Crippen molar-refractivity contribution in [3.05, 3.63) is 0 Å². The van der Waals surface area contributed by atoms with Gasteiger partial charge in [-0.2, -0.15) is 0 Å². The topological polar surface area (TPSA) is 220 Å². The van der Waals surface area contributed by atoms with Gasteiger partial charge < -0.3 is 29.7 Å². The summed E-state index contributed by atoms with van der Waals surface area (Å²) in [4.78, 5) is 55.2. The van der Waals surface area contributed by atoms with Crippen molar-refractivity contribution >= 4 is 31.7 Å². The highest BCUT2D eigenvalue weighted by molar-refractivity contribution is 7.47. The van der Waals surface area contributed by atoms with E-state index < -0.39 is 105 Å². The standard InChI is InChI=1S/C19H25N4O12P/c1-19-12-13-14(19)23(18(29)21-16(19)27)11-3-7(8(4-24)33-11)35-36(30,31)32-5-9-6(25)2-10(34-9)22(13)17(28)20-15(12)26/h6-14,24-25H,2-5H2,1H3,(H,30,31)(H,20,26,28)(H,21,27,29)/p-1/t6?,7?,8-,9-,10+,11+,12+,13+,14-,19+/m1/s1. The zero-order valence-corrected chi connectivity index (χ0v) is 19.7. The molecule has 1 saturated carbocycles. The minimum absolute atomic E-state index is 0.137. The number of carbonyl (C=O) groups excluding carboxylic acids is 3. The molecule has 4 saturated heterocycles. The van der Waals surface area contributed by atoms with Crippen LogP contribution in [0.15, 0.2) is 4.99 Å². The molecule has 0 aromatic heterocycles. The van der Waals surface area contributed by atoms with E-state index in [2.05, 4.69) is 10.3 Å². The van der Waals surface area contributed by atoms with E-state index in [4.69, 9.17) is 18.5 Å². The molecule has 5 amide bonds. The number of hydrogen-bond acceptors (Lipinski definition) is 11. The first-order valence-electron chi connectivity index (χ1n) is 11.4. The van der Waals surface area contributed by atoms with Gasteiger partial charge in [-0.05, 0) is 12.8 Å². The number of nitrogens with one attached hydrogen (secondary N) is 1. The number of carbonyl (C=O) groups is 3. The highest BCUT2D eigenvalue weighted by Crippen LogP contribution is 2.57. The van der Waals surface area contributed by atoms with Gasteiger partial charge in [-0.1, -0.05) is 0 Å². The zero-order valence-electron chi connectivity index (χ0n) is 18.8. The molecule has 4 N–H and O–H groups in total. The fourth-order valence-electron chi connectivity index (χ4n) is 6.35. The van der Waals surface area contributed by atoms with E-state index >= 15 is 0 Å². The number of fused-ring (bicyclic) bond motifs is 7. The van der Waals surface area contributed by atoms with E-state index in [9.17, 15) is 39.2 Å². The second-order valence-electron chi connectivity index (χ2n) is 9.89. The van der Waals surface area contributed by atoms with E-state index in [0.717, 1.165) is 9.80 Å². The Hall–Kier alpha value is -2.17. The van der Waals surface area contributed by atoms with Crippen LogP contribution in [0.2, 0.25) is 0 Å². The summed E-state index contributed by atoms with van der Waals surface area (Å²) in [6.45, 7) is 0.290. The van der Waals surface area contributed by atoms with Crippen molar-refractivity contribution in [2.45, 2.75) is 68.7 Å². The third-order valence-electron chi connectivity index (χ3n) is 8.04. The van der Waals surface area contributed by atoms with Crippen molar-refractivity contribution in [2.75, 3.05) is 13.2 Å². The normalized spacial score (nSPS) is 50.2. The Morgan fingerprint density at radius 3 is 2.64 bits per heavy atom. The summed E-state index contributed by atoms with van der Waals surface area (Å²) in [6.07, 6.45) is -7.25. The molecule has 11 atom stereocenters. The number of phosphoric acid groups is 1. The van der Waals surface area contributed by atoms with Crippen molar-refractivity contribution in [1.29, 1.82) is 0 Å². The average Bonchev–Trinajstić information content (AvgIpc) is 3.35. The molecular weight excluding hydrogens is 507 g/mol.